The van der Waals surface area contributed by atoms with Crippen LogP contribution in [0.1, 0.15) is 34.5 Å². The quantitative estimate of drug-likeness (QED) is 0.873. The zero-order valence-electron chi connectivity index (χ0n) is 14.3. The van der Waals surface area contributed by atoms with Gasteiger partial charge in [-0.15, -0.1) is 0 Å². The van der Waals surface area contributed by atoms with Gasteiger partial charge in [0.25, 0.3) is 5.91 Å². The van der Waals surface area contributed by atoms with E-state index in [1.807, 2.05) is 6.07 Å². The van der Waals surface area contributed by atoms with Crippen molar-refractivity contribution >= 4 is 5.91 Å². The second-order valence-corrected chi connectivity index (χ2v) is 5.46. The number of benzene rings is 2. The van der Waals surface area contributed by atoms with Gasteiger partial charge in [-0.2, -0.15) is 5.26 Å². The molecule has 2 aromatic rings. The number of carbonyl (C=O) groups excluding carboxylic acids is 1. The molecule has 1 amide bonds. The van der Waals surface area contributed by atoms with E-state index in [2.05, 4.69) is 5.32 Å². The first kappa shape index (κ1) is 18.3. The van der Waals surface area contributed by atoms with Crippen molar-refractivity contribution in [2.45, 2.75) is 19.4 Å². The second kappa shape index (κ2) is 8.15. The third kappa shape index (κ3) is 4.27. The van der Waals surface area contributed by atoms with Crippen molar-refractivity contribution in [1.82, 2.24) is 5.32 Å². The summed E-state index contributed by atoms with van der Waals surface area (Å²) in [5.41, 5.74) is 1.46. The van der Waals surface area contributed by atoms with Gasteiger partial charge in [0, 0.05) is 17.2 Å². The summed E-state index contributed by atoms with van der Waals surface area (Å²) in [6.45, 7) is 1.68. The Labute approximate surface area is 146 Å². The van der Waals surface area contributed by atoms with Crippen molar-refractivity contribution in [2.75, 3.05) is 14.2 Å². The van der Waals surface area contributed by atoms with Crippen LogP contribution in [-0.2, 0) is 6.42 Å². The molecule has 2 aromatic carbocycles. The molecule has 25 heavy (non-hydrogen) atoms. The van der Waals surface area contributed by atoms with Gasteiger partial charge in [0.15, 0.2) is 11.5 Å². The normalized spacial score (nSPS) is 11.3. The molecule has 0 aromatic heterocycles. The largest absolute Gasteiger partial charge is 0.493 e. The molecule has 0 saturated carbocycles. The predicted octanol–water partition coefficient (Wildman–Crippen LogP) is 3.40. The highest BCUT2D eigenvalue weighted by molar-refractivity contribution is 5.94. The van der Waals surface area contributed by atoms with E-state index in [1.54, 1.807) is 31.2 Å². The molecule has 0 saturated heterocycles. The first-order chi connectivity index (χ1) is 12.0. The fourth-order valence-electron chi connectivity index (χ4n) is 2.47. The lowest BCUT2D eigenvalue weighted by Crippen LogP contribution is -2.27. The van der Waals surface area contributed by atoms with Crippen LogP contribution in [0, 0.1) is 17.1 Å². The topological polar surface area (TPSA) is 71.3 Å². The minimum absolute atomic E-state index is 0.223. The number of carbonyl (C=O) groups is 1. The van der Waals surface area contributed by atoms with E-state index in [4.69, 9.17) is 14.7 Å². The van der Waals surface area contributed by atoms with Gasteiger partial charge in [-0.25, -0.2) is 4.39 Å². The van der Waals surface area contributed by atoms with Crippen LogP contribution in [-0.4, -0.2) is 20.1 Å². The number of methoxy groups -OCH3 is 2. The molecular formula is C19H19FN2O3. The van der Waals surface area contributed by atoms with Crippen molar-refractivity contribution < 1.29 is 18.7 Å². The Morgan fingerprint density at radius 3 is 2.56 bits per heavy atom. The van der Waals surface area contributed by atoms with E-state index < -0.39 is 11.9 Å². The van der Waals surface area contributed by atoms with Gasteiger partial charge in [-0.05, 0) is 30.7 Å². The highest BCUT2D eigenvalue weighted by Gasteiger charge is 2.18. The maximum Gasteiger partial charge on any atom is 0.251 e. The molecule has 0 aliphatic rings. The summed E-state index contributed by atoms with van der Waals surface area (Å²) in [7, 11) is 2.89. The standard InChI is InChI=1S/C19H19FN2O3/c1-12(15-10-17(24-2)18(25-3)11-16(15)20)22-19(23)14-6-4-5-13(9-14)7-8-21/h4-6,9-12H,7H2,1-3H3,(H,22,23)/t12-/m1/s1. The van der Waals surface area contributed by atoms with Gasteiger partial charge in [-0.3, -0.25) is 4.79 Å². The molecule has 6 heteroatoms. The van der Waals surface area contributed by atoms with Crippen LogP contribution in [0.15, 0.2) is 36.4 Å². The molecule has 0 aliphatic carbocycles. The lowest BCUT2D eigenvalue weighted by molar-refractivity contribution is 0.0939. The smallest absolute Gasteiger partial charge is 0.251 e. The maximum atomic E-state index is 14.3. The van der Waals surface area contributed by atoms with E-state index in [1.165, 1.54) is 26.4 Å². The number of amides is 1. The number of nitriles is 1. The first-order valence-electron chi connectivity index (χ1n) is 7.68. The Morgan fingerprint density at radius 2 is 1.92 bits per heavy atom. The number of ether oxygens (including phenoxy) is 2. The summed E-state index contributed by atoms with van der Waals surface area (Å²) in [5, 5.41) is 11.5. The van der Waals surface area contributed by atoms with Crippen molar-refractivity contribution in [2.24, 2.45) is 0 Å². The fourth-order valence-corrected chi connectivity index (χ4v) is 2.47. The van der Waals surface area contributed by atoms with E-state index in [-0.39, 0.29) is 18.1 Å². The van der Waals surface area contributed by atoms with Crippen LogP contribution in [0.5, 0.6) is 11.5 Å². The molecule has 0 fully saturated rings. The average Bonchev–Trinajstić information content (AvgIpc) is 2.61. The summed E-state index contributed by atoms with van der Waals surface area (Å²) in [5.74, 6) is -0.173. The molecule has 0 heterocycles. The van der Waals surface area contributed by atoms with Crippen LogP contribution in [0.2, 0.25) is 0 Å². The van der Waals surface area contributed by atoms with Crippen molar-refractivity contribution in [3.05, 3.63) is 58.9 Å². The highest BCUT2D eigenvalue weighted by atomic mass is 19.1. The van der Waals surface area contributed by atoms with Crippen LogP contribution in [0.4, 0.5) is 4.39 Å². The zero-order chi connectivity index (χ0) is 18.4. The van der Waals surface area contributed by atoms with Crippen LogP contribution in [0.25, 0.3) is 0 Å². The van der Waals surface area contributed by atoms with E-state index in [9.17, 15) is 9.18 Å². The predicted molar refractivity (Wildman–Crippen MR) is 91.1 cm³/mol. The lowest BCUT2D eigenvalue weighted by atomic mass is 10.0. The van der Waals surface area contributed by atoms with Gasteiger partial charge in [0.05, 0.1) is 32.8 Å². The maximum absolute atomic E-state index is 14.3. The summed E-state index contributed by atoms with van der Waals surface area (Å²) < 4.78 is 24.5. The van der Waals surface area contributed by atoms with E-state index in [0.29, 0.717) is 16.9 Å². The Hall–Kier alpha value is -3.07. The first-order valence-corrected chi connectivity index (χ1v) is 7.68. The van der Waals surface area contributed by atoms with E-state index in [0.717, 1.165) is 5.56 Å². The minimum Gasteiger partial charge on any atom is -0.493 e. The van der Waals surface area contributed by atoms with Gasteiger partial charge in [0.2, 0.25) is 0 Å². The van der Waals surface area contributed by atoms with Gasteiger partial charge >= 0.3 is 0 Å². The lowest BCUT2D eigenvalue weighted by Gasteiger charge is -2.17. The zero-order valence-corrected chi connectivity index (χ0v) is 14.3. The van der Waals surface area contributed by atoms with Gasteiger partial charge in [0.1, 0.15) is 5.82 Å². The second-order valence-electron chi connectivity index (χ2n) is 5.46. The molecule has 0 spiro atoms. The molecule has 5 nitrogen and oxygen atoms in total. The Bertz CT molecular complexity index is 815. The Balaban J connectivity index is 2.22. The van der Waals surface area contributed by atoms with Crippen molar-refractivity contribution in [1.29, 1.82) is 5.26 Å². The van der Waals surface area contributed by atoms with Crippen molar-refractivity contribution in [3.8, 4) is 17.6 Å². The molecular weight excluding hydrogens is 323 g/mol. The average molecular weight is 342 g/mol. The molecule has 1 N–H and O–H groups in total. The summed E-state index contributed by atoms with van der Waals surface area (Å²) in [6, 6.07) is 11.0. The van der Waals surface area contributed by atoms with E-state index >= 15 is 0 Å². The summed E-state index contributed by atoms with van der Waals surface area (Å²) >= 11 is 0. The number of hydrogen-bond donors (Lipinski definition) is 1. The number of rotatable bonds is 6. The number of hydrogen-bond acceptors (Lipinski definition) is 4. The molecule has 130 valence electrons. The molecule has 0 radical (unpaired) electrons. The minimum atomic E-state index is -0.577. The molecule has 0 unspecified atom stereocenters. The third-order valence-electron chi connectivity index (χ3n) is 3.79. The molecule has 1 atom stereocenters. The molecule has 2 rings (SSSR count). The molecule has 0 aliphatic heterocycles. The summed E-state index contributed by atoms with van der Waals surface area (Å²) in [4.78, 5) is 12.4. The highest BCUT2D eigenvalue weighted by Crippen LogP contribution is 2.32. The van der Waals surface area contributed by atoms with Gasteiger partial charge in [-0.1, -0.05) is 12.1 Å². The summed E-state index contributed by atoms with van der Waals surface area (Å²) in [6.07, 6.45) is 0.223. The Kier molecular flexibility index (Phi) is 5.96. The number of nitrogens with zero attached hydrogens (tertiary/aromatic N) is 1. The van der Waals surface area contributed by atoms with Crippen molar-refractivity contribution in [3.63, 3.8) is 0 Å². The fraction of sp³-hybridized carbons (Fsp3) is 0.263. The monoisotopic (exact) mass is 342 g/mol. The molecule has 0 bridgehead atoms. The van der Waals surface area contributed by atoms with Crippen LogP contribution >= 0.6 is 0 Å². The number of halogens is 1. The van der Waals surface area contributed by atoms with Crippen LogP contribution < -0.4 is 14.8 Å². The van der Waals surface area contributed by atoms with Crippen LogP contribution in [0.3, 0.4) is 0 Å². The van der Waals surface area contributed by atoms with Gasteiger partial charge < -0.3 is 14.8 Å². The third-order valence-corrected chi connectivity index (χ3v) is 3.79. The Morgan fingerprint density at radius 1 is 1.24 bits per heavy atom. The SMILES string of the molecule is COc1cc(F)c([C@@H](C)NC(=O)c2cccc(CC#N)c2)cc1OC. The number of nitrogens with one attached hydrogen (secondary N) is 1.